The first-order chi connectivity index (χ1) is 15.1. The van der Waals surface area contributed by atoms with Crippen LogP contribution >= 0.6 is 0 Å². The van der Waals surface area contributed by atoms with Crippen molar-refractivity contribution in [2.75, 3.05) is 6.54 Å². The number of carbonyl (C=O) groups is 4. The Balaban J connectivity index is 1.92. The molecule has 3 atom stereocenters. The van der Waals surface area contributed by atoms with E-state index in [9.17, 15) is 24.3 Å². The van der Waals surface area contributed by atoms with Gasteiger partial charge in [-0.25, -0.2) is 9.59 Å². The van der Waals surface area contributed by atoms with Crippen LogP contribution in [-0.2, 0) is 19.1 Å². The molecule has 3 unspecified atom stereocenters. The molecule has 0 radical (unpaired) electrons. The molecule has 4 N–H and O–H groups in total. The van der Waals surface area contributed by atoms with Crippen molar-refractivity contribution in [2.24, 2.45) is 23.7 Å². The molecule has 9 nitrogen and oxygen atoms in total. The monoisotopic (exact) mass is 453 g/mol. The third-order valence-corrected chi connectivity index (χ3v) is 6.55. The molecule has 2 fully saturated rings. The lowest BCUT2D eigenvalue weighted by Crippen LogP contribution is -2.53. The van der Waals surface area contributed by atoms with Crippen LogP contribution < -0.4 is 16.0 Å². The van der Waals surface area contributed by atoms with Crippen LogP contribution in [-0.4, -0.2) is 53.7 Å². The summed E-state index contributed by atoms with van der Waals surface area (Å²) < 4.78 is 5.56. The van der Waals surface area contributed by atoms with Gasteiger partial charge in [0.1, 0.15) is 18.2 Å². The van der Waals surface area contributed by atoms with Crippen molar-refractivity contribution in [3.63, 3.8) is 0 Å². The lowest BCUT2D eigenvalue weighted by atomic mass is 9.80. The van der Waals surface area contributed by atoms with Gasteiger partial charge in [0.2, 0.25) is 11.8 Å². The van der Waals surface area contributed by atoms with E-state index in [0.29, 0.717) is 31.2 Å². The maximum Gasteiger partial charge on any atom is 0.408 e. The molecule has 0 bridgehead atoms. The molecule has 0 spiro atoms. The predicted octanol–water partition coefficient (Wildman–Crippen LogP) is 2.44. The van der Waals surface area contributed by atoms with Gasteiger partial charge in [-0.15, -0.1) is 0 Å². The lowest BCUT2D eigenvalue weighted by Gasteiger charge is -2.31. The minimum Gasteiger partial charge on any atom is -0.480 e. The first-order valence-corrected chi connectivity index (χ1v) is 11.8. The Labute approximate surface area is 190 Å². The second-order valence-electron chi connectivity index (χ2n) is 9.92. The Hall–Kier alpha value is -2.32. The van der Waals surface area contributed by atoms with Gasteiger partial charge >= 0.3 is 12.1 Å². The summed E-state index contributed by atoms with van der Waals surface area (Å²) in [5, 5.41) is 17.3. The number of ether oxygens (including phenoxy) is 1. The summed E-state index contributed by atoms with van der Waals surface area (Å²) >= 11 is 0. The number of amides is 3. The second kappa shape index (κ2) is 12.1. The Morgan fingerprint density at radius 1 is 1.03 bits per heavy atom. The summed E-state index contributed by atoms with van der Waals surface area (Å²) in [6.45, 7) is 8.75. The van der Waals surface area contributed by atoms with Gasteiger partial charge < -0.3 is 25.8 Å². The fourth-order valence-corrected chi connectivity index (χ4v) is 4.55. The van der Waals surface area contributed by atoms with Crippen molar-refractivity contribution >= 4 is 23.9 Å². The Kier molecular flexibility index (Phi) is 9.78. The average Bonchev–Trinajstić information content (AvgIpc) is 3.11. The van der Waals surface area contributed by atoms with Crippen LogP contribution in [0.3, 0.4) is 0 Å². The number of hydrogen-bond donors (Lipinski definition) is 4. The zero-order valence-electron chi connectivity index (χ0n) is 19.7. The Morgan fingerprint density at radius 2 is 1.69 bits per heavy atom. The quantitative estimate of drug-likeness (QED) is 0.401. The smallest absolute Gasteiger partial charge is 0.408 e. The number of carbonyl (C=O) groups excluding carboxylic acids is 3. The summed E-state index contributed by atoms with van der Waals surface area (Å²) in [4.78, 5) is 48.8. The molecule has 0 aromatic heterocycles. The second-order valence-corrected chi connectivity index (χ2v) is 9.92. The summed E-state index contributed by atoms with van der Waals surface area (Å²) in [7, 11) is 0. The highest BCUT2D eigenvalue weighted by Crippen LogP contribution is 2.31. The minimum atomic E-state index is -1.20. The molecule has 1 aliphatic carbocycles. The zero-order chi connectivity index (χ0) is 23.8. The highest BCUT2D eigenvalue weighted by atomic mass is 16.6. The predicted molar refractivity (Wildman–Crippen MR) is 119 cm³/mol. The van der Waals surface area contributed by atoms with E-state index in [0.717, 1.165) is 25.7 Å². The first-order valence-electron chi connectivity index (χ1n) is 11.8. The van der Waals surface area contributed by atoms with Gasteiger partial charge in [0, 0.05) is 12.5 Å². The van der Waals surface area contributed by atoms with Gasteiger partial charge in [0.25, 0.3) is 0 Å². The van der Waals surface area contributed by atoms with E-state index in [2.05, 4.69) is 29.8 Å². The molecule has 1 aliphatic heterocycles. The molecule has 0 aromatic rings. The van der Waals surface area contributed by atoms with E-state index in [1.807, 2.05) is 13.8 Å². The van der Waals surface area contributed by atoms with Gasteiger partial charge in [-0.3, -0.25) is 9.59 Å². The molecule has 2 aliphatic rings. The van der Waals surface area contributed by atoms with Gasteiger partial charge in [-0.05, 0) is 62.7 Å². The standard InChI is InChI=1S/C23H39N3O6/c1-13(2)11-18(26-23(31)32-17-7-5-15(6-8-17)14(3)4)21(28)25-19(22(29)30)12-16-9-10-24-20(16)27/h13-19H,5-12H2,1-4H3,(H,24,27)(H,25,28)(H,26,31)(H,29,30). The average molecular weight is 454 g/mol. The highest BCUT2D eigenvalue weighted by molar-refractivity contribution is 5.90. The first kappa shape index (κ1) is 25.9. The van der Waals surface area contributed by atoms with E-state index >= 15 is 0 Å². The number of alkyl carbamates (subject to hydrolysis) is 1. The van der Waals surface area contributed by atoms with Crippen LogP contribution in [0.5, 0.6) is 0 Å². The number of carboxylic acids is 1. The summed E-state index contributed by atoms with van der Waals surface area (Å²) in [6, 6.07) is -2.11. The van der Waals surface area contributed by atoms with E-state index in [-0.39, 0.29) is 24.3 Å². The summed E-state index contributed by atoms with van der Waals surface area (Å²) in [6.07, 6.45) is 3.73. The number of aliphatic carboxylic acids is 1. The summed E-state index contributed by atoms with van der Waals surface area (Å²) in [5.74, 6) is -1.07. The maximum atomic E-state index is 12.8. The molecule has 32 heavy (non-hydrogen) atoms. The van der Waals surface area contributed by atoms with Crippen LogP contribution in [0.2, 0.25) is 0 Å². The van der Waals surface area contributed by atoms with Crippen molar-refractivity contribution in [3.8, 4) is 0 Å². The topological polar surface area (TPSA) is 134 Å². The normalized spacial score (nSPS) is 25.2. The van der Waals surface area contributed by atoms with Crippen molar-refractivity contribution in [1.29, 1.82) is 0 Å². The van der Waals surface area contributed by atoms with Gasteiger partial charge in [-0.1, -0.05) is 27.7 Å². The Morgan fingerprint density at radius 3 is 2.19 bits per heavy atom. The molecule has 1 heterocycles. The highest BCUT2D eigenvalue weighted by Gasteiger charge is 2.34. The molecular weight excluding hydrogens is 414 g/mol. The molecule has 182 valence electrons. The van der Waals surface area contributed by atoms with E-state index in [1.165, 1.54) is 0 Å². The van der Waals surface area contributed by atoms with Crippen LogP contribution in [0.1, 0.15) is 72.6 Å². The van der Waals surface area contributed by atoms with Crippen LogP contribution in [0, 0.1) is 23.7 Å². The number of nitrogens with one attached hydrogen (secondary N) is 3. The molecule has 2 rings (SSSR count). The van der Waals surface area contributed by atoms with Crippen molar-refractivity contribution in [2.45, 2.75) is 90.8 Å². The number of hydrogen-bond acceptors (Lipinski definition) is 5. The molecule has 0 aromatic carbocycles. The zero-order valence-corrected chi connectivity index (χ0v) is 19.7. The van der Waals surface area contributed by atoms with Crippen LogP contribution in [0.4, 0.5) is 4.79 Å². The van der Waals surface area contributed by atoms with E-state index < -0.39 is 36.0 Å². The Bertz CT molecular complexity index is 673. The van der Waals surface area contributed by atoms with Gasteiger partial charge in [0.05, 0.1) is 0 Å². The fraction of sp³-hybridized carbons (Fsp3) is 0.826. The van der Waals surface area contributed by atoms with Crippen molar-refractivity contribution in [3.05, 3.63) is 0 Å². The molecule has 9 heteroatoms. The third kappa shape index (κ3) is 7.98. The van der Waals surface area contributed by atoms with Crippen molar-refractivity contribution < 1.29 is 29.0 Å². The fourth-order valence-electron chi connectivity index (χ4n) is 4.55. The van der Waals surface area contributed by atoms with Crippen molar-refractivity contribution in [1.82, 2.24) is 16.0 Å². The van der Waals surface area contributed by atoms with Crippen LogP contribution in [0.15, 0.2) is 0 Å². The molecule has 1 saturated carbocycles. The molecular formula is C23H39N3O6. The number of rotatable bonds is 10. The van der Waals surface area contributed by atoms with E-state index in [1.54, 1.807) is 0 Å². The van der Waals surface area contributed by atoms with Gasteiger partial charge in [0.15, 0.2) is 0 Å². The van der Waals surface area contributed by atoms with E-state index in [4.69, 9.17) is 4.74 Å². The lowest BCUT2D eigenvalue weighted by molar-refractivity contribution is -0.143. The SMILES string of the molecule is CC(C)CC(NC(=O)OC1CCC(C(C)C)CC1)C(=O)NC(CC1CCNC1=O)C(=O)O. The minimum absolute atomic E-state index is 0.0187. The maximum absolute atomic E-state index is 12.8. The molecule has 3 amide bonds. The third-order valence-electron chi connectivity index (χ3n) is 6.55. The largest absolute Gasteiger partial charge is 0.480 e. The molecule has 1 saturated heterocycles. The summed E-state index contributed by atoms with van der Waals surface area (Å²) in [5.41, 5.74) is 0. The number of carboxylic acid groups (broad SMARTS) is 1. The van der Waals surface area contributed by atoms with Crippen LogP contribution in [0.25, 0.3) is 0 Å². The van der Waals surface area contributed by atoms with Gasteiger partial charge in [-0.2, -0.15) is 0 Å².